The van der Waals surface area contributed by atoms with Gasteiger partial charge in [0.1, 0.15) is 6.10 Å². The molecule has 2 rings (SSSR count). The van der Waals surface area contributed by atoms with Crippen LogP contribution in [-0.2, 0) is 4.74 Å². The van der Waals surface area contributed by atoms with E-state index >= 15 is 0 Å². The molecule has 1 atom stereocenters. The first-order valence-electron chi connectivity index (χ1n) is 6.18. The summed E-state index contributed by atoms with van der Waals surface area (Å²) in [5.74, 6) is 0.873. The summed E-state index contributed by atoms with van der Waals surface area (Å²) in [5.41, 5.74) is 5.79. The summed E-state index contributed by atoms with van der Waals surface area (Å²) in [7, 11) is 0. The molecule has 0 aromatic carbocycles. The summed E-state index contributed by atoms with van der Waals surface area (Å²) >= 11 is 1.74. The standard InChI is InChI=1S/C13H21NOS/c1-10-4-6-11(7-5-10)15-12(9-14)13-3-2-8-16-13/h2-3,8,10-12H,4-7,9,14H2,1H3. The Kier molecular flexibility index (Phi) is 4.38. The second-order valence-electron chi connectivity index (χ2n) is 4.76. The maximum absolute atomic E-state index is 6.12. The van der Waals surface area contributed by atoms with Gasteiger partial charge in [-0.1, -0.05) is 13.0 Å². The maximum Gasteiger partial charge on any atom is 0.104 e. The molecule has 1 unspecified atom stereocenters. The van der Waals surface area contributed by atoms with Gasteiger partial charge in [-0.25, -0.2) is 0 Å². The van der Waals surface area contributed by atoms with Gasteiger partial charge in [0.2, 0.25) is 0 Å². The quantitative estimate of drug-likeness (QED) is 0.874. The van der Waals surface area contributed by atoms with E-state index in [2.05, 4.69) is 24.4 Å². The lowest BCUT2D eigenvalue weighted by Crippen LogP contribution is -2.25. The van der Waals surface area contributed by atoms with Gasteiger partial charge in [-0.3, -0.25) is 0 Å². The van der Waals surface area contributed by atoms with E-state index in [-0.39, 0.29) is 6.10 Å². The smallest absolute Gasteiger partial charge is 0.104 e. The molecule has 1 heterocycles. The lowest BCUT2D eigenvalue weighted by atomic mass is 9.89. The fourth-order valence-electron chi connectivity index (χ4n) is 2.31. The lowest BCUT2D eigenvalue weighted by Gasteiger charge is -2.29. The van der Waals surface area contributed by atoms with Gasteiger partial charge in [0, 0.05) is 11.4 Å². The van der Waals surface area contributed by atoms with Crippen molar-refractivity contribution in [2.24, 2.45) is 11.7 Å². The third-order valence-electron chi connectivity index (χ3n) is 3.39. The molecule has 0 saturated heterocycles. The van der Waals surface area contributed by atoms with Crippen LogP contribution < -0.4 is 5.73 Å². The van der Waals surface area contributed by atoms with Gasteiger partial charge in [0.25, 0.3) is 0 Å². The van der Waals surface area contributed by atoms with Gasteiger partial charge in [0.05, 0.1) is 6.10 Å². The third-order valence-corrected chi connectivity index (χ3v) is 4.36. The fraction of sp³-hybridized carbons (Fsp3) is 0.692. The van der Waals surface area contributed by atoms with Crippen molar-refractivity contribution >= 4 is 11.3 Å². The Hall–Kier alpha value is -0.380. The van der Waals surface area contributed by atoms with Crippen LogP contribution in [0.2, 0.25) is 0 Å². The van der Waals surface area contributed by atoms with Crippen molar-refractivity contribution in [2.75, 3.05) is 6.54 Å². The zero-order valence-electron chi connectivity index (χ0n) is 9.89. The molecular formula is C13H21NOS. The maximum atomic E-state index is 6.12. The highest BCUT2D eigenvalue weighted by Gasteiger charge is 2.22. The van der Waals surface area contributed by atoms with E-state index < -0.39 is 0 Å². The molecule has 2 nitrogen and oxygen atoms in total. The zero-order chi connectivity index (χ0) is 11.4. The average Bonchev–Trinajstić information content (AvgIpc) is 2.82. The Morgan fingerprint density at radius 3 is 2.75 bits per heavy atom. The topological polar surface area (TPSA) is 35.2 Å². The minimum Gasteiger partial charge on any atom is -0.368 e. The van der Waals surface area contributed by atoms with E-state index in [9.17, 15) is 0 Å². The van der Waals surface area contributed by atoms with E-state index in [4.69, 9.17) is 10.5 Å². The van der Waals surface area contributed by atoms with E-state index in [1.165, 1.54) is 30.6 Å². The normalized spacial score (nSPS) is 27.9. The summed E-state index contributed by atoms with van der Waals surface area (Å²) in [6.45, 7) is 2.92. The summed E-state index contributed by atoms with van der Waals surface area (Å²) in [5, 5.41) is 2.09. The Bertz CT molecular complexity index is 291. The Morgan fingerprint density at radius 2 is 2.19 bits per heavy atom. The molecule has 2 N–H and O–H groups in total. The molecule has 0 bridgehead atoms. The molecule has 90 valence electrons. The summed E-state index contributed by atoms with van der Waals surface area (Å²) < 4.78 is 6.12. The summed E-state index contributed by atoms with van der Waals surface area (Å²) in [4.78, 5) is 1.26. The van der Waals surface area contributed by atoms with Crippen LogP contribution >= 0.6 is 11.3 Å². The van der Waals surface area contributed by atoms with Gasteiger partial charge in [-0.2, -0.15) is 0 Å². The summed E-state index contributed by atoms with van der Waals surface area (Å²) in [6.07, 6.45) is 5.52. The number of nitrogens with two attached hydrogens (primary N) is 1. The van der Waals surface area contributed by atoms with Crippen LogP contribution in [0.3, 0.4) is 0 Å². The first-order valence-corrected chi connectivity index (χ1v) is 7.06. The van der Waals surface area contributed by atoms with Gasteiger partial charge in [-0.05, 0) is 43.0 Å². The molecule has 1 fully saturated rings. The zero-order valence-corrected chi connectivity index (χ0v) is 10.7. The molecule has 1 aliphatic rings. The highest BCUT2D eigenvalue weighted by atomic mass is 32.1. The highest BCUT2D eigenvalue weighted by Crippen LogP contribution is 2.30. The largest absolute Gasteiger partial charge is 0.368 e. The molecule has 16 heavy (non-hydrogen) atoms. The summed E-state index contributed by atoms with van der Waals surface area (Å²) in [6, 6.07) is 4.18. The molecule has 0 radical (unpaired) electrons. The van der Waals surface area contributed by atoms with Crippen LogP contribution in [0, 0.1) is 5.92 Å². The number of rotatable bonds is 4. The van der Waals surface area contributed by atoms with Gasteiger partial charge in [0.15, 0.2) is 0 Å². The Morgan fingerprint density at radius 1 is 1.44 bits per heavy atom. The van der Waals surface area contributed by atoms with Crippen molar-refractivity contribution < 1.29 is 4.74 Å². The van der Waals surface area contributed by atoms with Gasteiger partial charge in [-0.15, -0.1) is 11.3 Å². The molecule has 1 saturated carbocycles. The number of hydrogen-bond acceptors (Lipinski definition) is 3. The van der Waals surface area contributed by atoms with E-state index in [0.717, 1.165) is 5.92 Å². The van der Waals surface area contributed by atoms with E-state index in [0.29, 0.717) is 12.6 Å². The molecule has 3 heteroatoms. The number of hydrogen-bond donors (Lipinski definition) is 1. The fourth-order valence-corrected chi connectivity index (χ4v) is 3.09. The minimum atomic E-state index is 0.110. The minimum absolute atomic E-state index is 0.110. The van der Waals surface area contributed by atoms with E-state index in [1.807, 2.05) is 0 Å². The molecular weight excluding hydrogens is 218 g/mol. The predicted molar refractivity (Wildman–Crippen MR) is 68.6 cm³/mol. The Labute approximate surface area is 102 Å². The number of ether oxygens (including phenoxy) is 1. The van der Waals surface area contributed by atoms with Crippen LogP contribution in [0.25, 0.3) is 0 Å². The molecule has 1 aromatic heterocycles. The van der Waals surface area contributed by atoms with Crippen molar-refractivity contribution in [2.45, 2.75) is 44.8 Å². The van der Waals surface area contributed by atoms with Crippen molar-refractivity contribution in [3.05, 3.63) is 22.4 Å². The van der Waals surface area contributed by atoms with Crippen LogP contribution in [0.4, 0.5) is 0 Å². The van der Waals surface area contributed by atoms with Crippen molar-refractivity contribution in [3.63, 3.8) is 0 Å². The molecule has 0 spiro atoms. The second kappa shape index (κ2) is 5.80. The SMILES string of the molecule is CC1CCC(OC(CN)c2cccs2)CC1. The molecule has 1 aromatic rings. The monoisotopic (exact) mass is 239 g/mol. The van der Waals surface area contributed by atoms with Crippen LogP contribution in [0.15, 0.2) is 17.5 Å². The first kappa shape index (κ1) is 12.1. The van der Waals surface area contributed by atoms with Crippen molar-refractivity contribution in [1.82, 2.24) is 0 Å². The average molecular weight is 239 g/mol. The predicted octanol–water partition coefficient (Wildman–Crippen LogP) is 3.34. The van der Waals surface area contributed by atoms with Crippen LogP contribution in [0.1, 0.15) is 43.6 Å². The second-order valence-corrected chi connectivity index (χ2v) is 5.74. The van der Waals surface area contributed by atoms with Gasteiger partial charge >= 0.3 is 0 Å². The third kappa shape index (κ3) is 3.06. The molecule has 0 aliphatic heterocycles. The molecule has 1 aliphatic carbocycles. The first-order chi connectivity index (χ1) is 7.79. The highest BCUT2D eigenvalue weighted by molar-refractivity contribution is 7.10. The molecule has 0 amide bonds. The van der Waals surface area contributed by atoms with Crippen molar-refractivity contribution in [3.8, 4) is 0 Å². The Balaban J connectivity index is 1.87. The van der Waals surface area contributed by atoms with Crippen LogP contribution in [0.5, 0.6) is 0 Å². The van der Waals surface area contributed by atoms with Crippen molar-refractivity contribution in [1.29, 1.82) is 0 Å². The number of thiophene rings is 1. The van der Waals surface area contributed by atoms with Crippen LogP contribution in [-0.4, -0.2) is 12.6 Å². The van der Waals surface area contributed by atoms with Gasteiger partial charge < -0.3 is 10.5 Å². The lowest BCUT2D eigenvalue weighted by molar-refractivity contribution is -0.0312. The van der Waals surface area contributed by atoms with E-state index in [1.54, 1.807) is 11.3 Å².